The van der Waals surface area contributed by atoms with Gasteiger partial charge in [-0.15, -0.1) is 0 Å². The van der Waals surface area contributed by atoms with Crippen LogP contribution in [0.25, 0.3) is 0 Å². The van der Waals surface area contributed by atoms with Crippen molar-refractivity contribution in [2.45, 2.75) is 199 Å². The zero-order valence-electron chi connectivity index (χ0n) is 37.5. The van der Waals surface area contributed by atoms with Gasteiger partial charge in [0.05, 0.1) is 39.9 Å². The molecule has 0 bridgehead atoms. The molecule has 0 rings (SSSR count). The number of carbonyl (C=O) groups is 1. The van der Waals surface area contributed by atoms with Crippen molar-refractivity contribution in [2.75, 3.05) is 40.9 Å². The maximum Gasteiger partial charge on any atom is 0.268 e. The highest BCUT2D eigenvalue weighted by Crippen LogP contribution is 2.38. The SMILES string of the molecule is CC/C=C/CC/C=C/CC/C=C/C(O)C(COP(=O)([O-])OCC[N+](C)(C)C)NC(=O)CCCCCCCCCCCCCCC/C=C\C/C=C\CCCCCCC. The van der Waals surface area contributed by atoms with E-state index in [-0.39, 0.29) is 12.5 Å². The second-order valence-electron chi connectivity index (χ2n) is 16.7. The number of aliphatic hydroxyl groups excluding tert-OH is 1. The minimum absolute atomic E-state index is 0.0112. The maximum atomic E-state index is 12.8. The number of aliphatic hydroxyl groups is 1. The van der Waals surface area contributed by atoms with E-state index in [0.717, 1.165) is 57.8 Å². The van der Waals surface area contributed by atoms with Gasteiger partial charge < -0.3 is 28.8 Å². The van der Waals surface area contributed by atoms with Gasteiger partial charge in [-0.3, -0.25) is 9.36 Å². The Morgan fingerprint density at radius 2 is 1.09 bits per heavy atom. The van der Waals surface area contributed by atoms with Crippen molar-refractivity contribution in [3.63, 3.8) is 0 Å². The molecule has 0 aliphatic carbocycles. The highest BCUT2D eigenvalue weighted by Gasteiger charge is 2.23. The van der Waals surface area contributed by atoms with Crippen LogP contribution in [0.3, 0.4) is 0 Å². The molecule has 2 N–H and O–H groups in total. The van der Waals surface area contributed by atoms with E-state index in [4.69, 9.17) is 9.05 Å². The fourth-order valence-corrected chi connectivity index (χ4v) is 7.00. The molecule has 0 aromatic carbocycles. The van der Waals surface area contributed by atoms with Crippen LogP contribution in [0.5, 0.6) is 0 Å². The summed E-state index contributed by atoms with van der Waals surface area (Å²) in [5.74, 6) is -0.217. The lowest BCUT2D eigenvalue weighted by atomic mass is 10.0. The van der Waals surface area contributed by atoms with Crippen molar-refractivity contribution < 1.29 is 32.9 Å². The molecule has 9 heteroatoms. The lowest BCUT2D eigenvalue weighted by molar-refractivity contribution is -0.870. The van der Waals surface area contributed by atoms with Crippen molar-refractivity contribution in [3.8, 4) is 0 Å². The summed E-state index contributed by atoms with van der Waals surface area (Å²) in [6.45, 7) is 4.47. The normalized spacial score (nSPS) is 14.9. The number of unbranched alkanes of at least 4 members (excludes halogenated alkanes) is 20. The zero-order valence-corrected chi connectivity index (χ0v) is 38.4. The summed E-state index contributed by atoms with van der Waals surface area (Å²) in [5.41, 5.74) is 0. The lowest BCUT2D eigenvalue weighted by Gasteiger charge is -2.29. The Kier molecular flexibility index (Phi) is 38.4. The second kappa shape index (κ2) is 39.6. The largest absolute Gasteiger partial charge is 0.756 e. The molecule has 0 radical (unpaired) electrons. The molecule has 332 valence electrons. The van der Waals surface area contributed by atoms with Crippen LogP contribution in [0.2, 0.25) is 0 Å². The van der Waals surface area contributed by atoms with Crippen molar-refractivity contribution in [3.05, 3.63) is 60.8 Å². The molecule has 8 nitrogen and oxygen atoms in total. The molecule has 0 aromatic rings. The monoisotopic (exact) mass is 821 g/mol. The van der Waals surface area contributed by atoms with Crippen LogP contribution in [0.15, 0.2) is 60.8 Å². The summed E-state index contributed by atoms with van der Waals surface area (Å²) in [6.07, 6.45) is 51.5. The summed E-state index contributed by atoms with van der Waals surface area (Å²) >= 11 is 0. The maximum absolute atomic E-state index is 12.8. The first-order chi connectivity index (χ1) is 27.5. The number of nitrogens with one attached hydrogen (secondary N) is 1. The van der Waals surface area contributed by atoms with Gasteiger partial charge >= 0.3 is 0 Å². The summed E-state index contributed by atoms with van der Waals surface area (Å²) < 4.78 is 23.1. The van der Waals surface area contributed by atoms with Gasteiger partial charge in [-0.1, -0.05) is 171 Å². The number of likely N-dealkylation sites (N-methyl/N-ethyl adjacent to an activating group) is 1. The zero-order chi connectivity index (χ0) is 42.1. The molecule has 1 amide bonds. The number of phosphoric ester groups is 1. The third kappa shape index (κ3) is 42.1. The van der Waals surface area contributed by atoms with Gasteiger partial charge in [-0.25, -0.2) is 0 Å². The van der Waals surface area contributed by atoms with E-state index < -0.39 is 26.6 Å². The number of hydrogen-bond acceptors (Lipinski definition) is 6. The number of rotatable bonds is 41. The number of nitrogens with zero attached hydrogens (tertiary/aromatic N) is 1. The number of carbonyl (C=O) groups excluding carboxylic acids is 1. The van der Waals surface area contributed by atoms with Crippen LogP contribution in [0.1, 0.15) is 187 Å². The van der Waals surface area contributed by atoms with E-state index in [1.807, 2.05) is 27.2 Å². The number of amides is 1. The first kappa shape index (κ1) is 55.2. The minimum atomic E-state index is -4.60. The number of phosphoric acid groups is 1. The van der Waals surface area contributed by atoms with Crippen LogP contribution in [-0.4, -0.2) is 68.5 Å². The fourth-order valence-electron chi connectivity index (χ4n) is 6.28. The second-order valence-corrected chi connectivity index (χ2v) is 18.1. The first-order valence-electron chi connectivity index (χ1n) is 23.2. The molecule has 3 unspecified atom stereocenters. The molecular weight excluding hydrogens is 732 g/mol. The Morgan fingerprint density at radius 1 is 0.632 bits per heavy atom. The predicted octanol–water partition coefficient (Wildman–Crippen LogP) is 12.4. The van der Waals surface area contributed by atoms with Crippen molar-refractivity contribution in [1.82, 2.24) is 5.32 Å². The average Bonchev–Trinajstić information content (AvgIpc) is 3.16. The van der Waals surface area contributed by atoms with Crippen molar-refractivity contribution >= 4 is 13.7 Å². The summed E-state index contributed by atoms with van der Waals surface area (Å²) in [4.78, 5) is 25.3. The standard InChI is InChI=1S/C48H89N2O6P/c1-6-8-10-12-14-16-18-19-20-21-22-23-24-25-26-27-28-29-30-31-32-34-36-38-40-42-48(52)49-46(45-56-57(53,54)55-44-43-50(3,4)5)47(51)41-39-37-35-33-17-15-13-11-9-7-2/h9,11,17-19,21-22,33,39,41,46-47,51H,6-8,10,12-16,20,23-32,34-38,40,42-45H2,1-5H3,(H-,49,52,53,54)/b11-9+,19-18-,22-21-,33-17+,41-39+. The molecule has 0 aliphatic heterocycles. The Morgan fingerprint density at radius 3 is 1.60 bits per heavy atom. The van der Waals surface area contributed by atoms with Crippen LogP contribution < -0.4 is 10.2 Å². The Bertz CT molecular complexity index is 1110. The average molecular weight is 821 g/mol. The van der Waals surface area contributed by atoms with E-state index in [1.165, 1.54) is 109 Å². The van der Waals surface area contributed by atoms with E-state index >= 15 is 0 Å². The summed E-state index contributed by atoms with van der Waals surface area (Å²) in [5, 5.41) is 13.7. The smallest absolute Gasteiger partial charge is 0.268 e. The highest BCUT2D eigenvalue weighted by molar-refractivity contribution is 7.45. The minimum Gasteiger partial charge on any atom is -0.756 e. The Labute approximate surface area is 351 Å². The van der Waals surface area contributed by atoms with E-state index in [9.17, 15) is 19.4 Å². The molecule has 0 spiro atoms. The van der Waals surface area contributed by atoms with Crippen LogP contribution in [0.4, 0.5) is 0 Å². The summed E-state index contributed by atoms with van der Waals surface area (Å²) in [6, 6.07) is -0.909. The van der Waals surface area contributed by atoms with E-state index in [2.05, 4.69) is 67.8 Å². The molecule has 57 heavy (non-hydrogen) atoms. The third-order valence-electron chi connectivity index (χ3n) is 9.94. The number of hydrogen-bond donors (Lipinski definition) is 2. The van der Waals surface area contributed by atoms with Gasteiger partial charge in [0.1, 0.15) is 13.2 Å². The molecule has 0 aromatic heterocycles. The molecule has 0 aliphatic rings. The van der Waals surface area contributed by atoms with Gasteiger partial charge in [0.2, 0.25) is 5.91 Å². The quantitative estimate of drug-likeness (QED) is 0.0275. The highest BCUT2D eigenvalue weighted by atomic mass is 31.2. The van der Waals surface area contributed by atoms with Gasteiger partial charge in [0.15, 0.2) is 0 Å². The van der Waals surface area contributed by atoms with Gasteiger partial charge in [0.25, 0.3) is 7.82 Å². The van der Waals surface area contributed by atoms with Crippen LogP contribution in [0, 0.1) is 0 Å². The molecule has 0 saturated carbocycles. The fraction of sp³-hybridized carbons (Fsp3) is 0.771. The number of quaternary nitrogens is 1. The first-order valence-corrected chi connectivity index (χ1v) is 24.6. The third-order valence-corrected chi connectivity index (χ3v) is 10.9. The number of allylic oxidation sites excluding steroid dienone is 9. The Hall–Kier alpha value is -1.80. The van der Waals surface area contributed by atoms with Crippen molar-refractivity contribution in [2.24, 2.45) is 0 Å². The van der Waals surface area contributed by atoms with Crippen molar-refractivity contribution in [1.29, 1.82) is 0 Å². The lowest BCUT2D eigenvalue weighted by Crippen LogP contribution is -2.45. The van der Waals surface area contributed by atoms with E-state index in [0.29, 0.717) is 17.4 Å². The van der Waals surface area contributed by atoms with Gasteiger partial charge in [0, 0.05) is 6.42 Å². The summed E-state index contributed by atoms with van der Waals surface area (Å²) in [7, 11) is 1.23. The van der Waals surface area contributed by atoms with E-state index in [1.54, 1.807) is 6.08 Å². The molecular formula is C48H89N2O6P. The van der Waals surface area contributed by atoms with Gasteiger partial charge in [-0.2, -0.15) is 0 Å². The predicted molar refractivity (Wildman–Crippen MR) is 242 cm³/mol. The molecule has 0 saturated heterocycles. The van der Waals surface area contributed by atoms with Crippen LogP contribution >= 0.6 is 7.82 Å². The van der Waals surface area contributed by atoms with Crippen LogP contribution in [-0.2, 0) is 18.4 Å². The van der Waals surface area contributed by atoms with Gasteiger partial charge in [-0.05, 0) is 70.6 Å². The molecule has 0 fully saturated rings. The molecule has 0 heterocycles. The Balaban J connectivity index is 4.21. The topological polar surface area (TPSA) is 108 Å². The molecule has 3 atom stereocenters.